The molecule has 0 unspecified atom stereocenters. The SMILES string of the molecule is COc1ccccc1OCCNc1nc(CN2CCCCC2)nc2sc3c(c12)CCC3. The van der Waals surface area contributed by atoms with E-state index in [1.54, 1.807) is 7.11 Å². The Bertz CT molecular complexity index is 1050. The number of aryl methyl sites for hydroxylation is 2. The lowest BCUT2D eigenvalue weighted by Crippen LogP contribution is -2.30. The van der Waals surface area contributed by atoms with E-state index in [0.29, 0.717) is 13.2 Å². The van der Waals surface area contributed by atoms with E-state index in [0.717, 1.165) is 54.0 Å². The van der Waals surface area contributed by atoms with Gasteiger partial charge >= 0.3 is 0 Å². The number of benzene rings is 1. The highest BCUT2D eigenvalue weighted by atomic mass is 32.1. The van der Waals surface area contributed by atoms with Crippen LogP contribution in [0.25, 0.3) is 10.2 Å². The molecule has 6 nitrogen and oxygen atoms in total. The van der Waals surface area contributed by atoms with Crippen LogP contribution in [-0.2, 0) is 19.4 Å². The molecule has 1 aromatic carbocycles. The van der Waals surface area contributed by atoms with Gasteiger partial charge in [0.05, 0.1) is 25.6 Å². The van der Waals surface area contributed by atoms with Gasteiger partial charge in [0.25, 0.3) is 0 Å². The summed E-state index contributed by atoms with van der Waals surface area (Å²) in [6.45, 7) is 4.36. The molecule has 1 N–H and O–H groups in total. The average molecular weight is 439 g/mol. The Hall–Kier alpha value is -2.38. The van der Waals surface area contributed by atoms with E-state index in [-0.39, 0.29) is 0 Å². The van der Waals surface area contributed by atoms with Crippen molar-refractivity contribution < 1.29 is 9.47 Å². The van der Waals surface area contributed by atoms with Gasteiger partial charge in [-0.2, -0.15) is 0 Å². The van der Waals surface area contributed by atoms with E-state index in [1.165, 1.54) is 47.9 Å². The fraction of sp³-hybridized carbons (Fsp3) is 0.500. The standard InChI is InChI=1S/C24H30N4O2S/c1-29-18-9-3-4-10-19(18)30-15-12-25-23-22-17-8-7-11-20(17)31-24(22)27-21(26-23)16-28-13-5-2-6-14-28/h3-4,9-10H,2,5-8,11-16H2,1H3,(H,25,26,27). The second-order valence-corrected chi connectivity index (χ2v) is 9.37. The lowest BCUT2D eigenvalue weighted by Gasteiger charge is -2.25. The number of para-hydroxylation sites is 2. The quantitative estimate of drug-likeness (QED) is 0.516. The summed E-state index contributed by atoms with van der Waals surface area (Å²) in [6, 6.07) is 7.76. The highest BCUT2D eigenvalue weighted by Crippen LogP contribution is 2.39. The monoisotopic (exact) mass is 438 g/mol. The predicted molar refractivity (Wildman–Crippen MR) is 126 cm³/mol. The number of hydrogen-bond acceptors (Lipinski definition) is 7. The Morgan fingerprint density at radius 1 is 1.03 bits per heavy atom. The maximum Gasteiger partial charge on any atom is 0.161 e. The summed E-state index contributed by atoms with van der Waals surface area (Å²) in [4.78, 5) is 15.1. The number of hydrogen-bond donors (Lipinski definition) is 1. The Morgan fingerprint density at radius 3 is 2.71 bits per heavy atom. The second-order valence-electron chi connectivity index (χ2n) is 8.29. The number of aromatic nitrogens is 2. The van der Waals surface area contributed by atoms with E-state index in [4.69, 9.17) is 19.4 Å². The largest absolute Gasteiger partial charge is 0.493 e. The van der Waals surface area contributed by atoms with Crippen molar-refractivity contribution in [1.29, 1.82) is 0 Å². The van der Waals surface area contributed by atoms with Gasteiger partial charge in [-0.1, -0.05) is 18.6 Å². The lowest BCUT2D eigenvalue weighted by molar-refractivity contribution is 0.216. The molecule has 2 aromatic heterocycles. The number of ether oxygens (including phenoxy) is 2. The zero-order valence-corrected chi connectivity index (χ0v) is 19.0. The molecule has 0 spiro atoms. The minimum atomic E-state index is 0.541. The highest BCUT2D eigenvalue weighted by Gasteiger charge is 2.23. The predicted octanol–water partition coefficient (Wildman–Crippen LogP) is 4.67. The maximum atomic E-state index is 5.95. The number of likely N-dealkylation sites (tertiary alicyclic amines) is 1. The van der Waals surface area contributed by atoms with Crippen molar-refractivity contribution in [2.24, 2.45) is 0 Å². The molecule has 0 amide bonds. The number of thiophene rings is 1. The second kappa shape index (κ2) is 9.40. The maximum absolute atomic E-state index is 5.95. The molecule has 1 fully saturated rings. The van der Waals surface area contributed by atoms with Gasteiger partial charge in [-0.15, -0.1) is 11.3 Å². The van der Waals surface area contributed by atoms with Gasteiger partial charge in [-0.05, 0) is 62.9 Å². The van der Waals surface area contributed by atoms with Crippen molar-refractivity contribution >= 4 is 27.4 Å². The first kappa shape index (κ1) is 20.5. The molecule has 0 atom stereocenters. The van der Waals surface area contributed by atoms with Gasteiger partial charge in [0.2, 0.25) is 0 Å². The van der Waals surface area contributed by atoms with Crippen LogP contribution in [0.15, 0.2) is 24.3 Å². The first-order valence-electron chi connectivity index (χ1n) is 11.3. The third-order valence-corrected chi connectivity index (χ3v) is 7.33. The van der Waals surface area contributed by atoms with Gasteiger partial charge in [-0.3, -0.25) is 4.90 Å². The van der Waals surface area contributed by atoms with Crippen molar-refractivity contribution in [3.05, 3.63) is 40.5 Å². The van der Waals surface area contributed by atoms with Crippen molar-refractivity contribution in [2.45, 2.75) is 45.1 Å². The molecule has 31 heavy (non-hydrogen) atoms. The molecule has 2 aliphatic rings. The zero-order chi connectivity index (χ0) is 21.0. The van der Waals surface area contributed by atoms with Crippen LogP contribution in [0.2, 0.25) is 0 Å². The van der Waals surface area contributed by atoms with Gasteiger partial charge in [0, 0.05) is 4.88 Å². The highest BCUT2D eigenvalue weighted by molar-refractivity contribution is 7.19. The zero-order valence-electron chi connectivity index (χ0n) is 18.2. The molecule has 0 saturated carbocycles. The van der Waals surface area contributed by atoms with E-state index in [9.17, 15) is 0 Å². The summed E-state index contributed by atoms with van der Waals surface area (Å²) in [7, 11) is 1.67. The molecule has 1 saturated heterocycles. The summed E-state index contributed by atoms with van der Waals surface area (Å²) in [6.07, 6.45) is 7.45. The van der Waals surface area contributed by atoms with Crippen LogP contribution in [0.5, 0.6) is 11.5 Å². The van der Waals surface area contributed by atoms with E-state index in [1.807, 2.05) is 35.6 Å². The van der Waals surface area contributed by atoms with Crippen molar-refractivity contribution in [3.8, 4) is 11.5 Å². The molecule has 0 bridgehead atoms. The van der Waals surface area contributed by atoms with Gasteiger partial charge < -0.3 is 14.8 Å². The smallest absolute Gasteiger partial charge is 0.161 e. The third kappa shape index (κ3) is 4.48. The minimum Gasteiger partial charge on any atom is -0.493 e. The molecule has 0 radical (unpaired) electrons. The Balaban J connectivity index is 1.33. The topological polar surface area (TPSA) is 59.5 Å². The van der Waals surface area contributed by atoms with Crippen LogP contribution in [-0.4, -0.2) is 48.2 Å². The number of piperidine rings is 1. The summed E-state index contributed by atoms with van der Waals surface area (Å²) >= 11 is 1.86. The van der Waals surface area contributed by atoms with Crippen LogP contribution >= 0.6 is 11.3 Å². The van der Waals surface area contributed by atoms with Crippen molar-refractivity contribution in [3.63, 3.8) is 0 Å². The van der Waals surface area contributed by atoms with Crippen molar-refractivity contribution in [2.75, 3.05) is 38.7 Å². The average Bonchev–Trinajstić information content (AvgIpc) is 3.38. The number of rotatable bonds is 8. The summed E-state index contributed by atoms with van der Waals surface area (Å²) in [5, 5.41) is 4.79. The van der Waals surface area contributed by atoms with Crippen molar-refractivity contribution in [1.82, 2.24) is 14.9 Å². The molecular formula is C24H30N4O2S. The van der Waals surface area contributed by atoms with E-state index < -0.39 is 0 Å². The summed E-state index contributed by atoms with van der Waals surface area (Å²) in [5.41, 5.74) is 1.46. The first-order valence-corrected chi connectivity index (χ1v) is 12.2. The van der Waals surface area contributed by atoms with Gasteiger partial charge in [0.15, 0.2) is 11.5 Å². The van der Waals surface area contributed by atoms with E-state index >= 15 is 0 Å². The fourth-order valence-corrected chi connectivity index (χ4v) is 5.90. The van der Waals surface area contributed by atoms with Crippen LogP contribution < -0.4 is 14.8 Å². The fourth-order valence-electron chi connectivity index (χ4n) is 4.62. The Kier molecular flexibility index (Phi) is 6.22. The lowest BCUT2D eigenvalue weighted by atomic mass is 10.1. The summed E-state index contributed by atoms with van der Waals surface area (Å²) < 4.78 is 11.3. The Morgan fingerprint density at radius 2 is 1.87 bits per heavy atom. The molecule has 1 aliphatic carbocycles. The molecule has 164 valence electrons. The summed E-state index contributed by atoms with van der Waals surface area (Å²) in [5.74, 6) is 3.43. The number of nitrogens with zero attached hydrogens (tertiary/aromatic N) is 3. The molecule has 3 heterocycles. The van der Waals surface area contributed by atoms with Crippen LogP contribution in [0.4, 0.5) is 5.82 Å². The molecule has 3 aromatic rings. The van der Waals surface area contributed by atoms with Crippen LogP contribution in [0.1, 0.15) is 41.9 Å². The van der Waals surface area contributed by atoms with Crippen LogP contribution in [0.3, 0.4) is 0 Å². The Labute approximate surface area is 187 Å². The van der Waals surface area contributed by atoms with Gasteiger partial charge in [0.1, 0.15) is 23.1 Å². The molecule has 1 aliphatic heterocycles. The third-order valence-electron chi connectivity index (χ3n) is 6.15. The molecule has 5 rings (SSSR count). The number of nitrogens with one attached hydrogen (secondary N) is 1. The first-order chi connectivity index (χ1) is 15.3. The molecular weight excluding hydrogens is 408 g/mol. The number of anilines is 1. The number of methoxy groups -OCH3 is 1. The minimum absolute atomic E-state index is 0.541. The normalized spacial score (nSPS) is 16.4. The van der Waals surface area contributed by atoms with E-state index in [2.05, 4.69) is 10.2 Å². The molecule has 7 heteroatoms. The van der Waals surface area contributed by atoms with Gasteiger partial charge in [-0.25, -0.2) is 9.97 Å². The number of fused-ring (bicyclic) bond motifs is 3. The van der Waals surface area contributed by atoms with Crippen LogP contribution in [0, 0.1) is 0 Å².